The van der Waals surface area contributed by atoms with Crippen molar-refractivity contribution in [2.24, 2.45) is 11.8 Å². The molecule has 0 radical (unpaired) electrons. The van der Waals surface area contributed by atoms with Gasteiger partial charge in [0.1, 0.15) is 0 Å². The van der Waals surface area contributed by atoms with E-state index in [0.717, 1.165) is 15.4 Å². The fraction of sp³-hybridized carbons (Fsp3) is 0.429. The lowest BCUT2D eigenvalue weighted by Crippen LogP contribution is -2.29. The standard InChI is InChI=1S/C14H16Br2N2O2/c1-8-6-10(8)14(20)17-5-4-13(19)18-12-7-9(15)2-3-11(12)16/h2-3,7-8,10H,4-6H2,1H3,(H,17,20)(H,18,19)/t8-,10+/m1/s1. The molecule has 1 aliphatic rings. The summed E-state index contributed by atoms with van der Waals surface area (Å²) in [4.78, 5) is 23.4. The molecule has 0 heterocycles. The summed E-state index contributed by atoms with van der Waals surface area (Å²) in [6.07, 6.45) is 1.23. The summed E-state index contributed by atoms with van der Waals surface area (Å²) in [7, 11) is 0. The van der Waals surface area contributed by atoms with Crippen molar-refractivity contribution < 1.29 is 9.59 Å². The first-order valence-corrected chi connectivity index (χ1v) is 8.08. The van der Waals surface area contributed by atoms with Crippen LogP contribution in [0.5, 0.6) is 0 Å². The van der Waals surface area contributed by atoms with Crippen molar-refractivity contribution in [3.8, 4) is 0 Å². The van der Waals surface area contributed by atoms with E-state index in [-0.39, 0.29) is 24.2 Å². The highest BCUT2D eigenvalue weighted by atomic mass is 79.9. The Hall–Kier alpha value is -0.880. The molecule has 2 atom stereocenters. The van der Waals surface area contributed by atoms with Gasteiger partial charge < -0.3 is 10.6 Å². The maximum Gasteiger partial charge on any atom is 0.226 e. The SMILES string of the molecule is C[C@@H]1C[C@@H]1C(=O)NCCC(=O)Nc1cc(Br)ccc1Br. The van der Waals surface area contributed by atoms with Crippen LogP contribution in [0.3, 0.4) is 0 Å². The summed E-state index contributed by atoms with van der Waals surface area (Å²) >= 11 is 6.74. The highest BCUT2D eigenvalue weighted by molar-refractivity contribution is 9.11. The Morgan fingerprint density at radius 3 is 2.70 bits per heavy atom. The minimum atomic E-state index is -0.118. The minimum absolute atomic E-state index is 0.0638. The van der Waals surface area contributed by atoms with E-state index in [9.17, 15) is 9.59 Å². The maximum absolute atomic E-state index is 11.8. The van der Waals surface area contributed by atoms with Gasteiger partial charge in [-0.15, -0.1) is 0 Å². The molecule has 2 amide bonds. The molecule has 2 rings (SSSR count). The fourth-order valence-corrected chi connectivity index (χ4v) is 2.63. The topological polar surface area (TPSA) is 58.2 Å². The Morgan fingerprint density at radius 2 is 2.05 bits per heavy atom. The van der Waals surface area contributed by atoms with E-state index >= 15 is 0 Å². The van der Waals surface area contributed by atoms with Crippen molar-refractivity contribution in [3.05, 3.63) is 27.1 Å². The van der Waals surface area contributed by atoms with Gasteiger partial charge in [0, 0.05) is 27.8 Å². The lowest BCUT2D eigenvalue weighted by Gasteiger charge is -2.08. The van der Waals surface area contributed by atoms with E-state index in [1.54, 1.807) is 0 Å². The Labute approximate surface area is 135 Å². The highest BCUT2D eigenvalue weighted by Crippen LogP contribution is 2.37. The van der Waals surface area contributed by atoms with Gasteiger partial charge in [-0.2, -0.15) is 0 Å². The molecule has 0 unspecified atom stereocenters. The normalized spacial score (nSPS) is 20.4. The predicted molar refractivity (Wildman–Crippen MR) is 85.4 cm³/mol. The summed E-state index contributed by atoms with van der Waals surface area (Å²) in [6.45, 7) is 2.43. The molecule has 6 heteroatoms. The van der Waals surface area contributed by atoms with Crippen LogP contribution >= 0.6 is 31.9 Å². The van der Waals surface area contributed by atoms with Crippen molar-refractivity contribution in [2.75, 3.05) is 11.9 Å². The van der Waals surface area contributed by atoms with Crippen LogP contribution < -0.4 is 10.6 Å². The summed E-state index contributed by atoms with van der Waals surface area (Å²) < 4.78 is 1.72. The number of carbonyl (C=O) groups excluding carboxylic acids is 2. The lowest BCUT2D eigenvalue weighted by atomic mass is 10.3. The third-order valence-electron chi connectivity index (χ3n) is 3.30. The molecular weight excluding hydrogens is 388 g/mol. The molecule has 0 aliphatic heterocycles. The number of hydrogen-bond donors (Lipinski definition) is 2. The average Bonchev–Trinajstić information content (AvgIpc) is 3.11. The van der Waals surface area contributed by atoms with Gasteiger partial charge in [0.15, 0.2) is 0 Å². The summed E-state index contributed by atoms with van der Waals surface area (Å²) in [5.74, 6) is 0.584. The van der Waals surface area contributed by atoms with Gasteiger partial charge >= 0.3 is 0 Å². The van der Waals surface area contributed by atoms with Crippen LogP contribution in [-0.4, -0.2) is 18.4 Å². The summed E-state index contributed by atoms with van der Waals surface area (Å²) in [5.41, 5.74) is 0.714. The number of nitrogens with one attached hydrogen (secondary N) is 2. The van der Waals surface area contributed by atoms with Crippen LogP contribution in [0.25, 0.3) is 0 Å². The molecule has 0 bridgehead atoms. The molecule has 1 saturated carbocycles. The first-order valence-electron chi connectivity index (χ1n) is 6.50. The molecule has 0 saturated heterocycles. The molecule has 1 aromatic carbocycles. The molecule has 1 aromatic rings. The number of rotatable bonds is 5. The quantitative estimate of drug-likeness (QED) is 0.792. The predicted octanol–water partition coefficient (Wildman–Crippen LogP) is 3.31. The zero-order valence-electron chi connectivity index (χ0n) is 11.1. The van der Waals surface area contributed by atoms with Crippen molar-refractivity contribution in [3.63, 3.8) is 0 Å². The first-order chi connectivity index (χ1) is 9.47. The largest absolute Gasteiger partial charge is 0.355 e. The number of carbonyl (C=O) groups is 2. The molecule has 1 aliphatic carbocycles. The van der Waals surface area contributed by atoms with Crippen molar-refractivity contribution >= 4 is 49.4 Å². The number of halogens is 2. The van der Waals surface area contributed by atoms with Crippen molar-refractivity contribution in [2.45, 2.75) is 19.8 Å². The van der Waals surface area contributed by atoms with Crippen LogP contribution in [0.1, 0.15) is 19.8 Å². The number of benzene rings is 1. The average molecular weight is 404 g/mol. The first kappa shape index (κ1) is 15.5. The van der Waals surface area contributed by atoms with Crippen LogP contribution in [0.15, 0.2) is 27.1 Å². The van der Waals surface area contributed by atoms with Gasteiger partial charge in [0.05, 0.1) is 5.69 Å². The molecule has 4 nitrogen and oxygen atoms in total. The second-order valence-electron chi connectivity index (χ2n) is 5.03. The smallest absolute Gasteiger partial charge is 0.226 e. The Bertz CT molecular complexity index is 534. The summed E-state index contributed by atoms with van der Waals surface area (Å²) in [6, 6.07) is 5.57. The third kappa shape index (κ3) is 4.31. The lowest BCUT2D eigenvalue weighted by molar-refractivity contribution is -0.122. The van der Waals surface area contributed by atoms with E-state index in [2.05, 4.69) is 49.4 Å². The number of amides is 2. The molecule has 0 spiro atoms. The minimum Gasteiger partial charge on any atom is -0.355 e. The van der Waals surface area contributed by atoms with Crippen LogP contribution in [-0.2, 0) is 9.59 Å². The van der Waals surface area contributed by atoms with Gasteiger partial charge in [0.2, 0.25) is 11.8 Å². The van der Waals surface area contributed by atoms with Gasteiger partial charge in [-0.05, 0) is 46.5 Å². The third-order valence-corrected chi connectivity index (χ3v) is 4.48. The Balaban J connectivity index is 1.75. The van der Waals surface area contributed by atoms with Crippen LogP contribution in [0.2, 0.25) is 0 Å². The second-order valence-corrected chi connectivity index (χ2v) is 6.80. The van der Waals surface area contributed by atoms with Crippen molar-refractivity contribution in [1.29, 1.82) is 0 Å². The van der Waals surface area contributed by atoms with E-state index in [0.29, 0.717) is 18.2 Å². The van der Waals surface area contributed by atoms with Crippen LogP contribution in [0, 0.1) is 11.8 Å². The van der Waals surface area contributed by atoms with Gasteiger partial charge in [-0.25, -0.2) is 0 Å². The van der Waals surface area contributed by atoms with E-state index in [1.807, 2.05) is 18.2 Å². The molecular formula is C14H16Br2N2O2. The monoisotopic (exact) mass is 402 g/mol. The number of hydrogen-bond acceptors (Lipinski definition) is 2. The second kappa shape index (κ2) is 6.72. The van der Waals surface area contributed by atoms with Gasteiger partial charge in [-0.1, -0.05) is 22.9 Å². The number of anilines is 1. The zero-order chi connectivity index (χ0) is 14.7. The molecule has 0 aromatic heterocycles. The van der Waals surface area contributed by atoms with Gasteiger partial charge in [0.25, 0.3) is 0 Å². The Kier molecular flexibility index (Phi) is 5.21. The molecule has 1 fully saturated rings. The van der Waals surface area contributed by atoms with Gasteiger partial charge in [-0.3, -0.25) is 9.59 Å². The highest BCUT2D eigenvalue weighted by Gasteiger charge is 2.38. The van der Waals surface area contributed by atoms with E-state index in [1.165, 1.54) is 0 Å². The molecule has 108 valence electrons. The molecule has 20 heavy (non-hydrogen) atoms. The maximum atomic E-state index is 11.8. The fourth-order valence-electron chi connectivity index (χ4n) is 1.92. The van der Waals surface area contributed by atoms with Crippen molar-refractivity contribution in [1.82, 2.24) is 5.32 Å². The summed E-state index contributed by atoms with van der Waals surface area (Å²) in [5, 5.41) is 5.61. The molecule has 2 N–H and O–H groups in total. The van der Waals surface area contributed by atoms with E-state index < -0.39 is 0 Å². The van der Waals surface area contributed by atoms with Crippen LogP contribution in [0.4, 0.5) is 5.69 Å². The Morgan fingerprint density at radius 1 is 1.35 bits per heavy atom. The zero-order valence-corrected chi connectivity index (χ0v) is 14.3. The van der Waals surface area contributed by atoms with E-state index in [4.69, 9.17) is 0 Å².